The Hall–Kier alpha value is -1.22. The second-order valence-corrected chi connectivity index (χ2v) is 3.51. The first-order chi connectivity index (χ1) is 7.26. The molecule has 0 spiro atoms. The van der Waals surface area contributed by atoms with E-state index in [1.807, 2.05) is 12.1 Å². The van der Waals surface area contributed by atoms with Gasteiger partial charge >= 0.3 is 0 Å². The summed E-state index contributed by atoms with van der Waals surface area (Å²) in [6.45, 7) is 2.65. The fraction of sp³-hybridized carbons (Fsp3) is 0.364. The van der Waals surface area contributed by atoms with Crippen molar-refractivity contribution in [1.82, 2.24) is 0 Å². The maximum absolute atomic E-state index is 5.66. The first-order valence-corrected chi connectivity index (χ1v) is 5.51. The van der Waals surface area contributed by atoms with Crippen molar-refractivity contribution in [1.29, 1.82) is 0 Å². The fourth-order valence-corrected chi connectivity index (χ4v) is 1.30. The van der Waals surface area contributed by atoms with Crippen LogP contribution in [0.3, 0.4) is 0 Å². The molecule has 1 aromatic carbocycles. The second-order valence-electron chi connectivity index (χ2n) is 3.13. The summed E-state index contributed by atoms with van der Waals surface area (Å²) in [5.41, 5.74) is 7.90. The van der Waals surface area contributed by atoms with Crippen LogP contribution < -0.4 is 11.1 Å². The number of halogens is 1. The molecule has 0 radical (unpaired) electrons. The van der Waals surface area contributed by atoms with Gasteiger partial charge in [0.05, 0.1) is 6.54 Å². The molecule has 0 saturated heterocycles. The molecule has 0 aromatic heterocycles. The van der Waals surface area contributed by atoms with E-state index in [-0.39, 0.29) is 0 Å². The van der Waals surface area contributed by atoms with E-state index in [0.29, 0.717) is 18.4 Å². The number of nitrogens with two attached hydrogens (primary N) is 1. The Labute approximate surface area is 95.3 Å². The number of rotatable bonds is 4. The minimum atomic E-state index is 0.406. The van der Waals surface area contributed by atoms with Crippen molar-refractivity contribution in [3.05, 3.63) is 29.8 Å². The van der Waals surface area contributed by atoms with Gasteiger partial charge in [-0.05, 0) is 24.1 Å². The first-order valence-electron chi connectivity index (χ1n) is 4.98. The van der Waals surface area contributed by atoms with Crippen LogP contribution >= 0.6 is 11.6 Å². The molecule has 0 amide bonds. The highest BCUT2D eigenvalue weighted by Gasteiger charge is 1.95. The number of hydrogen-bond acceptors (Lipinski definition) is 1. The molecule has 0 heterocycles. The van der Waals surface area contributed by atoms with Crippen molar-refractivity contribution in [3.8, 4) is 0 Å². The van der Waals surface area contributed by atoms with E-state index in [9.17, 15) is 0 Å². The lowest BCUT2D eigenvalue weighted by molar-refractivity contribution is 1.12. The van der Waals surface area contributed by atoms with Crippen LogP contribution in [0.1, 0.15) is 12.5 Å². The van der Waals surface area contributed by atoms with E-state index in [2.05, 4.69) is 29.4 Å². The molecular weight excluding hydrogens is 210 g/mol. The van der Waals surface area contributed by atoms with Gasteiger partial charge in [-0.1, -0.05) is 19.1 Å². The Bertz CT molecular complexity index is 336. The molecule has 4 heteroatoms. The SMILES string of the molecule is CCc1cccc(NC(N)=NCCCl)c1. The number of guanidine groups is 1. The van der Waals surface area contributed by atoms with Gasteiger partial charge in [0, 0.05) is 11.6 Å². The summed E-state index contributed by atoms with van der Waals surface area (Å²) in [6.07, 6.45) is 1.01. The third-order valence-electron chi connectivity index (χ3n) is 1.97. The number of nitrogens with zero attached hydrogens (tertiary/aromatic N) is 1. The van der Waals surface area contributed by atoms with E-state index in [1.165, 1.54) is 5.56 Å². The van der Waals surface area contributed by atoms with E-state index in [1.54, 1.807) is 0 Å². The van der Waals surface area contributed by atoms with Crippen molar-refractivity contribution in [2.75, 3.05) is 17.7 Å². The smallest absolute Gasteiger partial charge is 0.193 e. The lowest BCUT2D eigenvalue weighted by Crippen LogP contribution is -2.23. The van der Waals surface area contributed by atoms with Gasteiger partial charge in [-0.3, -0.25) is 4.99 Å². The van der Waals surface area contributed by atoms with Gasteiger partial charge in [-0.25, -0.2) is 0 Å². The summed E-state index contributed by atoms with van der Waals surface area (Å²) in [6, 6.07) is 8.10. The number of nitrogens with one attached hydrogen (secondary N) is 1. The minimum Gasteiger partial charge on any atom is -0.370 e. The number of hydrogen-bond donors (Lipinski definition) is 2. The van der Waals surface area contributed by atoms with Crippen LogP contribution in [0, 0.1) is 0 Å². The van der Waals surface area contributed by atoms with Crippen molar-refractivity contribution >= 4 is 23.2 Å². The second kappa shape index (κ2) is 6.30. The van der Waals surface area contributed by atoms with Crippen LogP contribution in [-0.4, -0.2) is 18.4 Å². The first kappa shape index (κ1) is 11.9. The number of alkyl halides is 1. The Kier molecular flexibility index (Phi) is 4.98. The highest BCUT2D eigenvalue weighted by Crippen LogP contribution is 2.10. The molecule has 0 aliphatic carbocycles. The molecule has 3 nitrogen and oxygen atoms in total. The monoisotopic (exact) mass is 225 g/mol. The Balaban J connectivity index is 2.63. The van der Waals surface area contributed by atoms with Crippen molar-refractivity contribution in [2.24, 2.45) is 10.7 Å². The summed E-state index contributed by atoms with van der Waals surface area (Å²) < 4.78 is 0. The maximum atomic E-state index is 5.66. The molecular formula is C11H16ClN3. The molecule has 3 N–H and O–H groups in total. The molecule has 1 aromatic rings. The van der Waals surface area contributed by atoms with Gasteiger partial charge in [0.1, 0.15) is 0 Å². The molecule has 0 saturated carbocycles. The third-order valence-corrected chi connectivity index (χ3v) is 2.14. The Morgan fingerprint density at radius 1 is 1.53 bits per heavy atom. The van der Waals surface area contributed by atoms with Crippen LogP contribution in [0.5, 0.6) is 0 Å². The predicted molar refractivity (Wildman–Crippen MR) is 66.7 cm³/mol. The van der Waals surface area contributed by atoms with Crippen molar-refractivity contribution in [2.45, 2.75) is 13.3 Å². The number of anilines is 1. The van der Waals surface area contributed by atoms with Gasteiger partial charge in [-0.15, -0.1) is 11.6 Å². The van der Waals surface area contributed by atoms with Gasteiger partial charge in [-0.2, -0.15) is 0 Å². The number of aryl methyl sites for hydroxylation is 1. The predicted octanol–water partition coefficient (Wildman–Crippen LogP) is 2.21. The average molecular weight is 226 g/mol. The van der Waals surface area contributed by atoms with Gasteiger partial charge in [0.25, 0.3) is 0 Å². The quantitative estimate of drug-likeness (QED) is 0.469. The van der Waals surface area contributed by atoms with Crippen molar-refractivity contribution in [3.63, 3.8) is 0 Å². The fourth-order valence-electron chi connectivity index (χ4n) is 1.22. The zero-order chi connectivity index (χ0) is 11.1. The minimum absolute atomic E-state index is 0.406. The summed E-state index contributed by atoms with van der Waals surface area (Å²) >= 11 is 5.51. The van der Waals surface area contributed by atoms with Crippen LogP contribution in [0.25, 0.3) is 0 Å². The van der Waals surface area contributed by atoms with Crippen LogP contribution in [0.4, 0.5) is 5.69 Å². The summed E-state index contributed by atoms with van der Waals surface area (Å²) in [5, 5.41) is 3.02. The molecule has 0 aliphatic heterocycles. The van der Waals surface area contributed by atoms with E-state index >= 15 is 0 Å². The zero-order valence-electron chi connectivity index (χ0n) is 8.83. The van der Waals surface area contributed by atoms with Gasteiger partial charge in [0.2, 0.25) is 0 Å². The van der Waals surface area contributed by atoms with Crippen molar-refractivity contribution < 1.29 is 0 Å². The Morgan fingerprint density at radius 3 is 3.00 bits per heavy atom. The largest absolute Gasteiger partial charge is 0.370 e. The van der Waals surface area contributed by atoms with E-state index in [0.717, 1.165) is 12.1 Å². The summed E-state index contributed by atoms with van der Waals surface area (Å²) in [7, 11) is 0. The summed E-state index contributed by atoms with van der Waals surface area (Å²) in [4.78, 5) is 4.04. The van der Waals surface area contributed by atoms with Gasteiger partial charge in [0.15, 0.2) is 5.96 Å². The molecule has 15 heavy (non-hydrogen) atoms. The average Bonchev–Trinajstić information content (AvgIpc) is 2.26. The molecule has 1 rings (SSSR count). The lowest BCUT2D eigenvalue weighted by Gasteiger charge is -2.06. The van der Waals surface area contributed by atoms with Crippen LogP contribution in [-0.2, 0) is 6.42 Å². The summed E-state index contributed by atoms with van der Waals surface area (Å²) in [5.74, 6) is 0.890. The normalized spacial score (nSPS) is 11.5. The topological polar surface area (TPSA) is 50.4 Å². The highest BCUT2D eigenvalue weighted by atomic mass is 35.5. The van der Waals surface area contributed by atoms with E-state index in [4.69, 9.17) is 17.3 Å². The molecule has 0 aliphatic rings. The third kappa shape index (κ3) is 4.21. The molecule has 0 fully saturated rings. The molecule has 0 atom stereocenters. The molecule has 82 valence electrons. The van der Waals surface area contributed by atoms with E-state index < -0.39 is 0 Å². The zero-order valence-corrected chi connectivity index (χ0v) is 9.59. The maximum Gasteiger partial charge on any atom is 0.193 e. The number of benzene rings is 1. The van der Waals surface area contributed by atoms with Crippen LogP contribution in [0.2, 0.25) is 0 Å². The highest BCUT2D eigenvalue weighted by molar-refractivity contribution is 6.18. The molecule has 0 bridgehead atoms. The standard InChI is InChI=1S/C11H16ClN3/c1-2-9-4-3-5-10(8-9)15-11(13)14-7-6-12/h3-5,8H,2,6-7H2,1H3,(H3,13,14,15). The number of aliphatic imine (C=N–C) groups is 1. The Morgan fingerprint density at radius 2 is 2.33 bits per heavy atom. The lowest BCUT2D eigenvalue weighted by atomic mass is 10.1. The molecule has 0 unspecified atom stereocenters. The van der Waals surface area contributed by atoms with Crippen LogP contribution in [0.15, 0.2) is 29.3 Å². The van der Waals surface area contributed by atoms with Gasteiger partial charge < -0.3 is 11.1 Å².